The van der Waals surface area contributed by atoms with Crippen molar-refractivity contribution in [3.05, 3.63) is 53.7 Å². The molecule has 2 heterocycles. The average Bonchev–Trinajstić information content (AvgIpc) is 2.73. The van der Waals surface area contributed by atoms with Gasteiger partial charge in [-0.15, -0.1) is 0 Å². The summed E-state index contributed by atoms with van der Waals surface area (Å²) >= 11 is 0. The van der Waals surface area contributed by atoms with Gasteiger partial charge in [0.15, 0.2) is 0 Å². The molecule has 0 unspecified atom stereocenters. The van der Waals surface area contributed by atoms with Crippen LogP contribution in [0.25, 0.3) is 0 Å². The number of ether oxygens (including phenoxy) is 2. The molecule has 1 N–H and O–H groups in total. The maximum absolute atomic E-state index is 12.6. The molecule has 3 rings (SSSR count). The second-order valence-corrected chi connectivity index (χ2v) is 7.87. The highest BCUT2D eigenvalue weighted by Gasteiger charge is 2.26. The lowest BCUT2D eigenvalue weighted by atomic mass is 10.2. The molecule has 0 saturated carbocycles. The van der Waals surface area contributed by atoms with Gasteiger partial charge >= 0.3 is 0 Å². The standard InChI is InChI=1S/C18H21N3O5S/c1-25-17-12-14(6-7-19-17)13-20-18(22)15-2-4-16(5-3-15)27(23,24)21-8-10-26-11-9-21/h2-7,12H,8-11,13H2,1H3,(H,20,22). The van der Waals surface area contributed by atoms with Gasteiger partial charge in [0.1, 0.15) is 0 Å². The molecular formula is C18H21N3O5S. The van der Waals surface area contributed by atoms with E-state index >= 15 is 0 Å². The van der Waals surface area contributed by atoms with Crippen molar-refractivity contribution in [2.75, 3.05) is 33.4 Å². The fourth-order valence-corrected chi connectivity index (χ4v) is 4.08. The fraction of sp³-hybridized carbons (Fsp3) is 0.333. The highest BCUT2D eigenvalue weighted by molar-refractivity contribution is 7.89. The van der Waals surface area contributed by atoms with Crippen molar-refractivity contribution in [3.8, 4) is 5.88 Å². The van der Waals surface area contributed by atoms with Crippen LogP contribution in [0.3, 0.4) is 0 Å². The van der Waals surface area contributed by atoms with E-state index in [2.05, 4.69) is 10.3 Å². The largest absolute Gasteiger partial charge is 0.481 e. The lowest BCUT2D eigenvalue weighted by Crippen LogP contribution is -2.40. The quantitative estimate of drug-likeness (QED) is 0.790. The monoisotopic (exact) mass is 391 g/mol. The summed E-state index contributed by atoms with van der Waals surface area (Å²) in [6.45, 7) is 1.75. The average molecular weight is 391 g/mol. The van der Waals surface area contributed by atoms with E-state index in [1.165, 1.54) is 35.7 Å². The number of benzene rings is 1. The molecule has 1 aromatic heterocycles. The van der Waals surface area contributed by atoms with Crippen molar-refractivity contribution >= 4 is 15.9 Å². The highest BCUT2D eigenvalue weighted by atomic mass is 32.2. The molecule has 1 fully saturated rings. The van der Waals surface area contributed by atoms with E-state index < -0.39 is 10.0 Å². The Morgan fingerprint density at radius 2 is 1.93 bits per heavy atom. The Kier molecular flexibility index (Phi) is 6.04. The fourth-order valence-electron chi connectivity index (χ4n) is 2.67. The van der Waals surface area contributed by atoms with Gasteiger partial charge in [0.25, 0.3) is 5.91 Å². The maximum Gasteiger partial charge on any atom is 0.251 e. The van der Waals surface area contributed by atoms with Crippen LogP contribution >= 0.6 is 0 Å². The first-order valence-electron chi connectivity index (χ1n) is 8.46. The summed E-state index contributed by atoms with van der Waals surface area (Å²) in [6, 6.07) is 9.44. The van der Waals surface area contributed by atoms with Crippen LogP contribution in [0, 0.1) is 0 Å². The third-order valence-corrected chi connectivity index (χ3v) is 6.10. The molecule has 0 aliphatic carbocycles. The molecule has 2 aromatic rings. The first kappa shape index (κ1) is 19.3. The number of carbonyl (C=O) groups is 1. The van der Waals surface area contributed by atoms with E-state index in [0.717, 1.165) is 5.56 Å². The highest BCUT2D eigenvalue weighted by Crippen LogP contribution is 2.18. The molecule has 1 amide bonds. The van der Waals surface area contributed by atoms with Crippen LogP contribution in [0.1, 0.15) is 15.9 Å². The molecule has 144 valence electrons. The number of methoxy groups -OCH3 is 1. The summed E-state index contributed by atoms with van der Waals surface area (Å²) < 4.78 is 36.8. The molecule has 8 nitrogen and oxygen atoms in total. The summed E-state index contributed by atoms with van der Waals surface area (Å²) in [5.41, 5.74) is 1.23. The molecule has 27 heavy (non-hydrogen) atoms. The Labute approximate surface area is 158 Å². The Morgan fingerprint density at radius 3 is 2.59 bits per heavy atom. The van der Waals surface area contributed by atoms with Crippen LogP contribution < -0.4 is 10.1 Å². The molecule has 0 bridgehead atoms. The van der Waals surface area contributed by atoms with Gasteiger partial charge < -0.3 is 14.8 Å². The Morgan fingerprint density at radius 1 is 1.22 bits per heavy atom. The number of rotatable bonds is 6. The number of sulfonamides is 1. The van der Waals surface area contributed by atoms with Gasteiger partial charge in [0.05, 0.1) is 25.2 Å². The number of pyridine rings is 1. The van der Waals surface area contributed by atoms with Crippen molar-refractivity contribution in [2.45, 2.75) is 11.4 Å². The number of hydrogen-bond donors (Lipinski definition) is 1. The minimum atomic E-state index is -3.57. The summed E-state index contributed by atoms with van der Waals surface area (Å²) in [5, 5.41) is 2.79. The number of nitrogens with one attached hydrogen (secondary N) is 1. The van der Waals surface area contributed by atoms with E-state index in [-0.39, 0.29) is 10.8 Å². The first-order chi connectivity index (χ1) is 13.0. The maximum atomic E-state index is 12.6. The van der Waals surface area contributed by atoms with Gasteiger partial charge in [-0.3, -0.25) is 4.79 Å². The Hall–Kier alpha value is -2.49. The van der Waals surface area contributed by atoms with E-state index in [1.807, 2.05) is 0 Å². The van der Waals surface area contributed by atoms with Crippen LogP contribution in [-0.4, -0.2) is 57.0 Å². The summed E-state index contributed by atoms with van der Waals surface area (Å²) in [6.07, 6.45) is 1.60. The minimum Gasteiger partial charge on any atom is -0.481 e. The molecule has 1 aliphatic rings. The predicted molar refractivity (Wildman–Crippen MR) is 98.0 cm³/mol. The van der Waals surface area contributed by atoms with E-state index in [4.69, 9.17) is 9.47 Å². The molecule has 1 aliphatic heterocycles. The van der Waals surface area contributed by atoms with Crippen molar-refractivity contribution in [1.29, 1.82) is 0 Å². The van der Waals surface area contributed by atoms with Crippen LogP contribution in [0.4, 0.5) is 0 Å². The van der Waals surface area contributed by atoms with E-state index in [0.29, 0.717) is 44.3 Å². The van der Waals surface area contributed by atoms with Crippen molar-refractivity contribution in [3.63, 3.8) is 0 Å². The zero-order valence-electron chi connectivity index (χ0n) is 14.9. The lowest BCUT2D eigenvalue weighted by Gasteiger charge is -2.26. The predicted octanol–water partition coefficient (Wildman–Crippen LogP) is 1.04. The third-order valence-electron chi connectivity index (χ3n) is 4.19. The van der Waals surface area contributed by atoms with E-state index in [1.54, 1.807) is 18.3 Å². The van der Waals surface area contributed by atoms with Crippen molar-refractivity contribution in [1.82, 2.24) is 14.6 Å². The number of carbonyl (C=O) groups excluding carboxylic acids is 1. The number of morpholine rings is 1. The molecule has 9 heteroatoms. The second-order valence-electron chi connectivity index (χ2n) is 5.93. The normalized spacial score (nSPS) is 15.3. The zero-order valence-corrected chi connectivity index (χ0v) is 15.7. The van der Waals surface area contributed by atoms with Gasteiger partial charge in [-0.05, 0) is 35.9 Å². The Balaban J connectivity index is 1.64. The van der Waals surface area contributed by atoms with Crippen LogP contribution in [0.5, 0.6) is 5.88 Å². The Bertz CT molecular complexity index is 893. The van der Waals surface area contributed by atoms with Gasteiger partial charge in [-0.1, -0.05) is 0 Å². The van der Waals surface area contributed by atoms with Gasteiger partial charge in [0.2, 0.25) is 15.9 Å². The topological polar surface area (TPSA) is 97.8 Å². The smallest absolute Gasteiger partial charge is 0.251 e. The van der Waals surface area contributed by atoms with Crippen molar-refractivity contribution in [2.24, 2.45) is 0 Å². The van der Waals surface area contributed by atoms with Crippen molar-refractivity contribution < 1.29 is 22.7 Å². The summed E-state index contributed by atoms with van der Waals surface area (Å²) in [7, 11) is -2.04. The second kappa shape index (κ2) is 8.47. The van der Waals surface area contributed by atoms with Gasteiger partial charge in [-0.2, -0.15) is 4.31 Å². The SMILES string of the molecule is COc1cc(CNC(=O)c2ccc(S(=O)(=O)N3CCOCC3)cc2)ccn1. The molecular weight excluding hydrogens is 370 g/mol. The molecule has 1 aromatic carbocycles. The number of amides is 1. The molecule has 1 saturated heterocycles. The molecule has 0 atom stereocenters. The number of aromatic nitrogens is 1. The lowest BCUT2D eigenvalue weighted by molar-refractivity contribution is 0.0730. The zero-order chi connectivity index (χ0) is 19.3. The van der Waals surface area contributed by atoms with E-state index in [9.17, 15) is 13.2 Å². The minimum absolute atomic E-state index is 0.167. The number of hydrogen-bond acceptors (Lipinski definition) is 6. The van der Waals surface area contributed by atoms with Gasteiger partial charge in [-0.25, -0.2) is 13.4 Å². The molecule has 0 radical (unpaired) electrons. The van der Waals surface area contributed by atoms with Gasteiger partial charge in [0, 0.05) is 37.5 Å². The van der Waals surface area contributed by atoms with Crippen LogP contribution in [-0.2, 0) is 21.3 Å². The summed E-state index contributed by atoms with van der Waals surface area (Å²) in [4.78, 5) is 16.5. The summed E-state index contributed by atoms with van der Waals surface area (Å²) in [5.74, 6) is 0.181. The van der Waals surface area contributed by atoms with Crippen LogP contribution in [0.15, 0.2) is 47.5 Å². The first-order valence-corrected chi connectivity index (χ1v) is 9.90. The number of nitrogens with zero attached hydrogens (tertiary/aromatic N) is 2. The van der Waals surface area contributed by atoms with Crippen LogP contribution in [0.2, 0.25) is 0 Å². The third kappa shape index (κ3) is 4.62. The molecule has 0 spiro atoms.